The normalized spacial score (nSPS) is 17.0. The number of hydrogen-bond acceptors (Lipinski definition) is 3. The van der Waals surface area contributed by atoms with Crippen LogP contribution in [0, 0.1) is 5.82 Å². The van der Waals surface area contributed by atoms with E-state index < -0.39 is 11.7 Å². The van der Waals surface area contributed by atoms with E-state index >= 15 is 0 Å². The second-order valence-corrected chi connectivity index (χ2v) is 6.93. The topological polar surface area (TPSA) is 46.3 Å². The molecule has 29 heavy (non-hydrogen) atoms. The third kappa shape index (κ3) is 3.87. The lowest BCUT2D eigenvalue weighted by Gasteiger charge is -2.16. The lowest BCUT2D eigenvalue weighted by atomic mass is 9.98. The summed E-state index contributed by atoms with van der Waals surface area (Å²) in [6.07, 6.45) is -2.43. The zero-order chi connectivity index (χ0) is 20.6. The zero-order valence-corrected chi connectivity index (χ0v) is 15.1. The van der Waals surface area contributed by atoms with Gasteiger partial charge in [-0.15, -0.1) is 0 Å². The third-order valence-electron chi connectivity index (χ3n) is 5.09. The minimum absolute atomic E-state index is 0.0916. The molecule has 1 aromatic heterocycles. The van der Waals surface area contributed by atoms with Crippen molar-refractivity contribution in [3.63, 3.8) is 0 Å². The first kappa shape index (κ1) is 19.2. The highest BCUT2D eigenvalue weighted by molar-refractivity contribution is 5.99. The van der Waals surface area contributed by atoms with Crippen molar-refractivity contribution in [2.45, 2.75) is 18.5 Å². The standard InChI is InChI=1S/C21H16F4N2O2/c22-17-7-3-13(4-8-17)15-9-10-27(12-15)20(28)18-11-26-29-19(18)14-1-5-16(6-2-14)21(23,24)25/h1-8,11,15H,9-10,12H2. The van der Waals surface area contributed by atoms with Crippen LogP contribution in [0.2, 0.25) is 0 Å². The van der Waals surface area contributed by atoms with Crippen molar-refractivity contribution in [3.05, 3.63) is 77.2 Å². The molecule has 0 aliphatic carbocycles. The van der Waals surface area contributed by atoms with Gasteiger partial charge in [-0.1, -0.05) is 29.4 Å². The van der Waals surface area contributed by atoms with E-state index in [1.807, 2.05) is 0 Å². The van der Waals surface area contributed by atoms with E-state index in [2.05, 4.69) is 5.16 Å². The molecule has 0 radical (unpaired) electrons. The second-order valence-electron chi connectivity index (χ2n) is 6.93. The van der Waals surface area contributed by atoms with Crippen LogP contribution in [0.4, 0.5) is 17.6 Å². The molecule has 1 aliphatic rings. The number of amides is 1. The fourth-order valence-corrected chi connectivity index (χ4v) is 3.53. The summed E-state index contributed by atoms with van der Waals surface area (Å²) >= 11 is 0. The Morgan fingerprint density at radius 1 is 1.07 bits per heavy atom. The summed E-state index contributed by atoms with van der Waals surface area (Å²) in [6, 6.07) is 10.6. The summed E-state index contributed by atoms with van der Waals surface area (Å²) in [6.45, 7) is 0.973. The van der Waals surface area contributed by atoms with Gasteiger partial charge in [0.1, 0.15) is 11.4 Å². The van der Waals surface area contributed by atoms with Crippen molar-refractivity contribution in [2.75, 3.05) is 13.1 Å². The molecule has 1 aliphatic heterocycles. The molecule has 8 heteroatoms. The van der Waals surface area contributed by atoms with E-state index in [1.54, 1.807) is 17.0 Å². The van der Waals surface area contributed by atoms with Crippen LogP contribution in [-0.4, -0.2) is 29.1 Å². The predicted molar refractivity (Wildman–Crippen MR) is 96.6 cm³/mol. The van der Waals surface area contributed by atoms with Crippen LogP contribution in [0.25, 0.3) is 11.3 Å². The molecule has 2 heterocycles. The van der Waals surface area contributed by atoms with Crippen LogP contribution in [0.1, 0.15) is 33.8 Å². The fourth-order valence-electron chi connectivity index (χ4n) is 3.53. The van der Waals surface area contributed by atoms with Crippen molar-refractivity contribution in [2.24, 2.45) is 0 Å². The number of likely N-dealkylation sites (tertiary alicyclic amines) is 1. The SMILES string of the molecule is O=C(c1cnoc1-c1ccc(C(F)(F)F)cc1)N1CCC(c2ccc(F)cc2)C1. The largest absolute Gasteiger partial charge is 0.416 e. The average Bonchev–Trinajstić information content (AvgIpc) is 3.37. The first-order chi connectivity index (χ1) is 13.8. The Balaban J connectivity index is 1.52. The average molecular weight is 404 g/mol. The Morgan fingerprint density at radius 2 is 1.76 bits per heavy atom. The third-order valence-corrected chi connectivity index (χ3v) is 5.09. The highest BCUT2D eigenvalue weighted by Crippen LogP contribution is 2.33. The van der Waals surface area contributed by atoms with Crippen molar-refractivity contribution >= 4 is 5.91 Å². The second kappa shape index (κ2) is 7.35. The molecule has 4 rings (SSSR count). The van der Waals surface area contributed by atoms with Gasteiger partial charge < -0.3 is 9.42 Å². The number of aromatic nitrogens is 1. The lowest BCUT2D eigenvalue weighted by molar-refractivity contribution is -0.137. The Bertz CT molecular complexity index is 1010. The number of carbonyl (C=O) groups excluding carboxylic acids is 1. The summed E-state index contributed by atoms with van der Waals surface area (Å²) in [4.78, 5) is 14.6. The lowest BCUT2D eigenvalue weighted by Crippen LogP contribution is -2.28. The van der Waals surface area contributed by atoms with Gasteiger partial charge in [0.2, 0.25) is 0 Å². The maximum atomic E-state index is 13.1. The molecule has 4 nitrogen and oxygen atoms in total. The van der Waals surface area contributed by atoms with Crippen LogP contribution in [0.5, 0.6) is 0 Å². The van der Waals surface area contributed by atoms with E-state index in [4.69, 9.17) is 4.52 Å². The number of carbonyl (C=O) groups is 1. The van der Waals surface area contributed by atoms with Crippen molar-refractivity contribution in [1.82, 2.24) is 10.1 Å². The van der Waals surface area contributed by atoms with Crippen molar-refractivity contribution in [1.29, 1.82) is 0 Å². The van der Waals surface area contributed by atoms with Gasteiger partial charge in [0, 0.05) is 24.6 Å². The maximum Gasteiger partial charge on any atom is 0.416 e. The molecule has 3 aromatic rings. The Morgan fingerprint density at radius 3 is 2.41 bits per heavy atom. The van der Waals surface area contributed by atoms with Gasteiger partial charge in [0.05, 0.1) is 11.8 Å². The van der Waals surface area contributed by atoms with E-state index in [-0.39, 0.29) is 29.0 Å². The molecule has 150 valence electrons. The highest BCUT2D eigenvalue weighted by atomic mass is 19.4. The Labute approximate surface area is 163 Å². The van der Waals surface area contributed by atoms with Crippen molar-refractivity contribution in [3.8, 4) is 11.3 Å². The number of hydrogen-bond donors (Lipinski definition) is 0. The molecule has 1 saturated heterocycles. The smallest absolute Gasteiger partial charge is 0.355 e. The van der Waals surface area contributed by atoms with Gasteiger partial charge in [-0.3, -0.25) is 4.79 Å². The monoisotopic (exact) mass is 404 g/mol. The summed E-state index contributed by atoms with van der Waals surface area (Å²) in [5.74, 6) is -0.390. The fraction of sp³-hybridized carbons (Fsp3) is 0.238. The molecule has 1 atom stereocenters. The van der Waals surface area contributed by atoms with Gasteiger partial charge in [0.25, 0.3) is 5.91 Å². The van der Waals surface area contributed by atoms with Crippen LogP contribution in [0.15, 0.2) is 59.3 Å². The minimum Gasteiger partial charge on any atom is -0.355 e. The quantitative estimate of drug-likeness (QED) is 0.569. The Kier molecular flexibility index (Phi) is 4.86. The van der Waals surface area contributed by atoms with E-state index in [0.29, 0.717) is 18.7 Å². The van der Waals surface area contributed by atoms with E-state index in [1.165, 1.54) is 30.5 Å². The maximum absolute atomic E-state index is 13.1. The predicted octanol–water partition coefficient (Wildman–Crippen LogP) is 5.13. The van der Waals surface area contributed by atoms with E-state index in [0.717, 1.165) is 24.1 Å². The molecule has 0 spiro atoms. The summed E-state index contributed by atoms with van der Waals surface area (Å²) in [5.41, 5.74) is 0.711. The highest BCUT2D eigenvalue weighted by Gasteiger charge is 2.32. The van der Waals surface area contributed by atoms with Crippen molar-refractivity contribution < 1.29 is 26.9 Å². The zero-order valence-electron chi connectivity index (χ0n) is 15.1. The van der Waals surface area contributed by atoms with Crippen LogP contribution in [-0.2, 0) is 6.18 Å². The van der Waals surface area contributed by atoms with Gasteiger partial charge in [-0.05, 0) is 36.2 Å². The Hall–Kier alpha value is -3.16. The van der Waals surface area contributed by atoms with Gasteiger partial charge in [-0.25, -0.2) is 4.39 Å². The number of halogens is 4. The first-order valence-corrected chi connectivity index (χ1v) is 9.00. The molecule has 1 amide bonds. The molecular formula is C21H16F4N2O2. The molecule has 1 fully saturated rings. The van der Waals surface area contributed by atoms with Gasteiger partial charge in [-0.2, -0.15) is 13.2 Å². The molecule has 2 aromatic carbocycles. The summed E-state index contributed by atoms with van der Waals surface area (Å²) < 4.78 is 56.5. The number of alkyl halides is 3. The first-order valence-electron chi connectivity index (χ1n) is 9.00. The van der Waals surface area contributed by atoms with Gasteiger partial charge in [0.15, 0.2) is 5.76 Å². The summed E-state index contributed by atoms with van der Waals surface area (Å²) in [7, 11) is 0. The van der Waals surface area contributed by atoms with E-state index in [9.17, 15) is 22.4 Å². The molecule has 0 saturated carbocycles. The summed E-state index contributed by atoms with van der Waals surface area (Å²) in [5, 5.41) is 3.66. The molecule has 0 bridgehead atoms. The number of nitrogens with zero attached hydrogens (tertiary/aromatic N) is 2. The van der Waals surface area contributed by atoms with Crippen LogP contribution >= 0.6 is 0 Å². The number of benzene rings is 2. The minimum atomic E-state index is -4.44. The van der Waals surface area contributed by atoms with Gasteiger partial charge >= 0.3 is 6.18 Å². The van der Waals surface area contributed by atoms with Crippen LogP contribution < -0.4 is 0 Å². The molecule has 1 unspecified atom stereocenters. The number of rotatable bonds is 3. The van der Waals surface area contributed by atoms with Crippen LogP contribution in [0.3, 0.4) is 0 Å². The molecular weight excluding hydrogens is 388 g/mol. The molecule has 0 N–H and O–H groups in total.